The van der Waals surface area contributed by atoms with Crippen LogP contribution in [0.3, 0.4) is 0 Å². The van der Waals surface area contributed by atoms with Crippen LogP contribution >= 0.6 is 0 Å². The summed E-state index contributed by atoms with van der Waals surface area (Å²) in [5.74, 6) is 1.15. The molecule has 76 valence electrons. The molecule has 0 aromatic rings. The van der Waals surface area contributed by atoms with E-state index in [1.807, 2.05) is 0 Å². The zero-order valence-corrected chi connectivity index (χ0v) is 8.46. The molecule has 0 bridgehead atoms. The van der Waals surface area contributed by atoms with E-state index in [2.05, 4.69) is 0 Å². The maximum atomic E-state index is 11.1. The zero-order chi connectivity index (χ0) is 9.47. The molecular weight excluding hydrogens is 188 g/mol. The van der Waals surface area contributed by atoms with Gasteiger partial charge in [-0.1, -0.05) is 12.8 Å². The van der Waals surface area contributed by atoms with Gasteiger partial charge in [-0.05, 0) is 24.7 Å². The van der Waals surface area contributed by atoms with Crippen LogP contribution in [0.15, 0.2) is 0 Å². The quantitative estimate of drug-likeness (QED) is 0.668. The third-order valence-electron chi connectivity index (χ3n) is 3.30. The number of hydrogen-bond acceptors (Lipinski definition) is 2. The lowest BCUT2D eigenvalue weighted by Gasteiger charge is -2.22. The lowest BCUT2D eigenvalue weighted by molar-refractivity contribution is 0.299. The summed E-state index contributed by atoms with van der Waals surface area (Å²) < 4.78 is 23.6. The number of hydrogen-bond donors (Lipinski definition) is 1. The molecule has 2 rings (SSSR count). The first-order valence-corrected chi connectivity index (χ1v) is 6.35. The third kappa shape index (κ3) is 1.87. The predicted molar refractivity (Wildman–Crippen MR) is 50.1 cm³/mol. The minimum atomic E-state index is -3.43. The van der Waals surface area contributed by atoms with Gasteiger partial charge in [-0.15, -0.1) is 0 Å². The normalized spacial score (nSPS) is 36.1. The molecule has 2 N–H and O–H groups in total. The Morgan fingerprint density at radius 2 is 1.54 bits per heavy atom. The molecule has 4 nitrogen and oxygen atoms in total. The molecule has 5 heteroatoms. The first-order valence-electron chi connectivity index (χ1n) is 4.85. The first kappa shape index (κ1) is 9.43. The Morgan fingerprint density at radius 3 is 1.92 bits per heavy atom. The molecule has 0 aromatic heterocycles. The largest absolute Gasteiger partial charge is 0.276 e. The monoisotopic (exact) mass is 204 g/mol. The number of fused-ring (bicyclic) bond motifs is 1. The Labute approximate surface area is 79.3 Å². The average molecular weight is 204 g/mol. The van der Waals surface area contributed by atoms with Gasteiger partial charge in [-0.3, -0.25) is 0 Å². The standard InChI is InChI=1S/C8H16N2O2S/c9-13(11,12)10-5-7-3-1-2-4-8(7)6-10/h7-8H,1-6H2,(H2,9,11,12)/t7-,8+. The Hall–Kier alpha value is -0.130. The summed E-state index contributed by atoms with van der Waals surface area (Å²) in [5, 5.41) is 5.09. The number of nitrogens with two attached hydrogens (primary N) is 1. The average Bonchev–Trinajstić information content (AvgIpc) is 2.45. The first-order chi connectivity index (χ1) is 6.07. The van der Waals surface area contributed by atoms with Crippen LogP contribution < -0.4 is 5.14 Å². The van der Waals surface area contributed by atoms with Crippen molar-refractivity contribution in [3.05, 3.63) is 0 Å². The third-order valence-corrected chi connectivity index (χ3v) is 4.32. The molecule has 13 heavy (non-hydrogen) atoms. The summed E-state index contributed by atoms with van der Waals surface area (Å²) in [5.41, 5.74) is 0. The molecule has 0 aromatic carbocycles. The molecule has 0 spiro atoms. The van der Waals surface area contributed by atoms with Gasteiger partial charge in [-0.25, -0.2) is 5.14 Å². The minimum Gasteiger partial charge on any atom is -0.216 e. The van der Waals surface area contributed by atoms with E-state index in [0.717, 1.165) is 0 Å². The van der Waals surface area contributed by atoms with Crippen molar-refractivity contribution in [2.45, 2.75) is 25.7 Å². The van der Waals surface area contributed by atoms with Gasteiger partial charge in [0.25, 0.3) is 10.2 Å². The molecule has 2 atom stereocenters. The Morgan fingerprint density at radius 1 is 1.08 bits per heavy atom. The van der Waals surface area contributed by atoms with E-state index >= 15 is 0 Å². The van der Waals surface area contributed by atoms with Crippen LogP contribution in [-0.4, -0.2) is 25.8 Å². The highest BCUT2D eigenvalue weighted by atomic mass is 32.2. The van der Waals surface area contributed by atoms with Gasteiger partial charge in [0, 0.05) is 13.1 Å². The van der Waals surface area contributed by atoms with Crippen molar-refractivity contribution >= 4 is 10.2 Å². The van der Waals surface area contributed by atoms with Crippen molar-refractivity contribution in [1.29, 1.82) is 0 Å². The summed E-state index contributed by atoms with van der Waals surface area (Å²) in [7, 11) is -3.43. The van der Waals surface area contributed by atoms with E-state index in [0.29, 0.717) is 24.9 Å². The van der Waals surface area contributed by atoms with E-state index < -0.39 is 10.2 Å². The fraction of sp³-hybridized carbons (Fsp3) is 1.00. The zero-order valence-electron chi connectivity index (χ0n) is 7.65. The van der Waals surface area contributed by atoms with Crippen molar-refractivity contribution < 1.29 is 8.42 Å². The topological polar surface area (TPSA) is 63.4 Å². The van der Waals surface area contributed by atoms with Crippen LogP contribution in [0.2, 0.25) is 0 Å². The Balaban J connectivity index is 2.07. The van der Waals surface area contributed by atoms with Gasteiger partial charge in [-0.2, -0.15) is 12.7 Å². The number of nitrogens with zero attached hydrogens (tertiary/aromatic N) is 1. The van der Waals surface area contributed by atoms with Crippen LogP contribution in [-0.2, 0) is 10.2 Å². The van der Waals surface area contributed by atoms with E-state index in [1.165, 1.54) is 30.0 Å². The van der Waals surface area contributed by atoms with Gasteiger partial charge < -0.3 is 0 Å². The maximum absolute atomic E-state index is 11.1. The lowest BCUT2D eigenvalue weighted by atomic mass is 9.82. The van der Waals surface area contributed by atoms with Gasteiger partial charge in [0.1, 0.15) is 0 Å². The van der Waals surface area contributed by atoms with E-state index in [9.17, 15) is 8.42 Å². The second-order valence-corrected chi connectivity index (χ2v) is 5.71. The van der Waals surface area contributed by atoms with Crippen LogP contribution in [0.4, 0.5) is 0 Å². The van der Waals surface area contributed by atoms with Crippen LogP contribution in [0.25, 0.3) is 0 Å². The van der Waals surface area contributed by atoms with Crippen molar-refractivity contribution in [2.75, 3.05) is 13.1 Å². The molecular formula is C8H16N2O2S. The highest BCUT2D eigenvalue weighted by Gasteiger charge is 2.38. The number of rotatable bonds is 1. The van der Waals surface area contributed by atoms with Crippen LogP contribution in [0.1, 0.15) is 25.7 Å². The van der Waals surface area contributed by atoms with Gasteiger partial charge in [0.05, 0.1) is 0 Å². The highest BCUT2D eigenvalue weighted by molar-refractivity contribution is 7.86. The van der Waals surface area contributed by atoms with Crippen molar-refractivity contribution in [1.82, 2.24) is 4.31 Å². The second-order valence-electron chi connectivity index (χ2n) is 4.17. The van der Waals surface area contributed by atoms with E-state index in [-0.39, 0.29) is 0 Å². The molecule has 1 aliphatic carbocycles. The van der Waals surface area contributed by atoms with Gasteiger partial charge in [0.2, 0.25) is 0 Å². The van der Waals surface area contributed by atoms with Crippen molar-refractivity contribution in [3.8, 4) is 0 Å². The lowest BCUT2D eigenvalue weighted by Crippen LogP contribution is -2.34. The van der Waals surface area contributed by atoms with Crippen molar-refractivity contribution in [3.63, 3.8) is 0 Å². The molecule has 0 amide bonds. The van der Waals surface area contributed by atoms with Crippen molar-refractivity contribution in [2.24, 2.45) is 17.0 Å². The second kappa shape index (κ2) is 3.22. The SMILES string of the molecule is NS(=O)(=O)N1C[C@H]2CCCC[C@H]2C1. The molecule has 2 aliphatic rings. The van der Waals surface area contributed by atoms with Crippen LogP contribution in [0, 0.1) is 11.8 Å². The Bertz CT molecular complexity index is 275. The molecule has 1 aliphatic heterocycles. The summed E-state index contributed by atoms with van der Waals surface area (Å²) in [6.45, 7) is 1.31. The summed E-state index contributed by atoms with van der Waals surface area (Å²) >= 11 is 0. The van der Waals surface area contributed by atoms with Crippen LogP contribution in [0.5, 0.6) is 0 Å². The summed E-state index contributed by atoms with van der Waals surface area (Å²) in [4.78, 5) is 0. The predicted octanol–water partition coefficient (Wildman–Crippen LogP) is 0.312. The van der Waals surface area contributed by atoms with E-state index in [1.54, 1.807) is 0 Å². The smallest absolute Gasteiger partial charge is 0.216 e. The molecule has 2 fully saturated rings. The molecule has 0 radical (unpaired) electrons. The fourth-order valence-corrected chi connectivity index (χ4v) is 3.37. The molecule has 1 saturated heterocycles. The molecule has 1 saturated carbocycles. The summed E-state index contributed by atoms with van der Waals surface area (Å²) in [6.07, 6.45) is 4.85. The molecule has 0 unspecified atom stereocenters. The fourth-order valence-electron chi connectivity index (χ4n) is 2.57. The molecule has 1 heterocycles. The maximum Gasteiger partial charge on any atom is 0.276 e. The minimum absolute atomic E-state index is 0.576. The van der Waals surface area contributed by atoms with Gasteiger partial charge in [0.15, 0.2) is 0 Å². The van der Waals surface area contributed by atoms with Gasteiger partial charge >= 0.3 is 0 Å². The van der Waals surface area contributed by atoms with E-state index in [4.69, 9.17) is 5.14 Å². The summed E-state index contributed by atoms with van der Waals surface area (Å²) in [6, 6.07) is 0. The highest BCUT2D eigenvalue weighted by Crippen LogP contribution is 2.36. The Kier molecular flexibility index (Phi) is 2.33.